The minimum atomic E-state index is -0.300. The molecule has 1 aromatic heterocycles. The molecule has 0 atom stereocenters. The summed E-state index contributed by atoms with van der Waals surface area (Å²) >= 11 is 3.26. The molecule has 0 radical (unpaired) electrons. The lowest BCUT2D eigenvalue weighted by molar-refractivity contribution is 0.268. The average molecular weight is 342 g/mol. The summed E-state index contributed by atoms with van der Waals surface area (Å²) < 4.78 is 24.6. The van der Waals surface area contributed by atoms with Gasteiger partial charge in [-0.25, -0.2) is 4.39 Å². The van der Waals surface area contributed by atoms with Gasteiger partial charge in [0.25, 0.3) is 0 Å². The van der Waals surface area contributed by atoms with Gasteiger partial charge in [0.1, 0.15) is 23.9 Å². The first-order valence-electron chi connectivity index (χ1n) is 6.54. The monoisotopic (exact) mass is 341 g/mol. The number of hydrogen-bond donors (Lipinski definition) is 1. The molecule has 0 aliphatic heterocycles. The topological polar surface area (TPSA) is 34.4 Å². The number of ether oxygens (including phenoxy) is 1. The molecule has 108 valence electrons. The van der Waals surface area contributed by atoms with E-state index < -0.39 is 0 Å². The Hall–Kier alpha value is -1.33. The Balaban J connectivity index is 1.87. The van der Waals surface area contributed by atoms with E-state index in [-0.39, 0.29) is 5.82 Å². The number of halogens is 2. The van der Waals surface area contributed by atoms with Crippen molar-refractivity contribution in [1.29, 1.82) is 0 Å². The number of benzene rings is 1. The highest BCUT2D eigenvalue weighted by atomic mass is 79.9. The summed E-state index contributed by atoms with van der Waals surface area (Å²) in [6, 6.07) is 6.28. The molecule has 5 heteroatoms. The van der Waals surface area contributed by atoms with Crippen molar-refractivity contribution in [2.24, 2.45) is 0 Å². The van der Waals surface area contributed by atoms with Crippen LogP contribution in [0.1, 0.15) is 24.7 Å². The maximum absolute atomic E-state index is 13.0. The molecular formula is C15H17BrFNO2. The fraction of sp³-hybridized carbons (Fsp3) is 0.333. The van der Waals surface area contributed by atoms with Crippen molar-refractivity contribution in [3.05, 3.63) is 52.1 Å². The molecule has 0 saturated heterocycles. The van der Waals surface area contributed by atoms with Crippen molar-refractivity contribution in [3.63, 3.8) is 0 Å². The van der Waals surface area contributed by atoms with Crippen LogP contribution in [0.4, 0.5) is 4.39 Å². The minimum Gasteiger partial charge on any atom is -0.484 e. The fourth-order valence-electron chi connectivity index (χ4n) is 1.75. The van der Waals surface area contributed by atoms with Gasteiger partial charge in [-0.1, -0.05) is 6.92 Å². The van der Waals surface area contributed by atoms with Gasteiger partial charge in [0.05, 0.1) is 10.7 Å². The maximum atomic E-state index is 13.0. The summed E-state index contributed by atoms with van der Waals surface area (Å²) in [7, 11) is 0. The van der Waals surface area contributed by atoms with Gasteiger partial charge in [0, 0.05) is 12.1 Å². The molecule has 0 bridgehead atoms. The van der Waals surface area contributed by atoms with E-state index >= 15 is 0 Å². The summed E-state index contributed by atoms with van der Waals surface area (Å²) in [6.07, 6.45) is 2.83. The zero-order chi connectivity index (χ0) is 14.4. The quantitative estimate of drug-likeness (QED) is 0.764. The van der Waals surface area contributed by atoms with Gasteiger partial charge < -0.3 is 14.5 Å². The van der Waals surface area contributed by atoms with Crippen LogP contribution in [0.2, 0.25) is 0 Å². The second-order valence-corrected chi connectivity index (χ2v) is 5.32. The SMILES string of the molecule is CCCNCc1coc(COc2ccc(F)cc2Br)c1. The molecule has 0 aliphatic carbocycles. The van der Waals surface area contributed by atoms with Crippen molar-refractivity contribution in [2.75, 3.05) is 6.54 Å². The highest BCUT2D eigenvalue weighted by Gasteiger charge is 2.06. The van der Waals surface area contributed by atoms with Gasteiger partial charge in [0.15, 0.2) is 0 Å². The predicted molar refractivity (Wildman–Crippen MR) is 79.1 cm³/mol. The molecule has 0 amide bonds. The number of furan rings is 1. The fourth-order valence-corrected chi connectivity index (χ4v) is 2.21. The Morgan fingerprint density at radius 1 is 1.35 bits per heavy atom. The summed E-state index contributed by atoms with van der Waals surface area (Å²) in [5.74, 6) is 1.04. The Kier molecular flexibility index (Phi) is 5.61. The van der Waals surface area contributed by atoms with Crippen LogP contribution in [0.15, 0.2) is 39.4 Å². The van der Waals surface area contributed by atoms with Crippen molar-refractivity contribution in [3.8, 4) is 5.75 Å². The predicted octanol–water partition coefficient (Wildman–Crippen LogP) is 4.26. The number of rotatable bonds is 7. The van der Waals surface area contributed by atoms with Crippen LogP contribution in [0.5, 0.6) is 5.75 Å². The average Bonchev–Trinajstić information content (AvgIpc) is 2.86. The third-order valence-corrected chi connectivity index (χ3v) is 3.35. The van der Waals surface area contributed by atoms with Crippen LogP contribution in [-0.4, -0.2) is 6.54 Å². The number of hydrogen-bond acceptors (Lipinski definition) is 3. The molecule has 0 fully saturated rings. The van der Waals surface area contributed by atoms with E-state index in [9.17, 15) is 4.39 Å². The Morgan fingerprint density at radius 3 is 2.95 bits per heavy atom. The Bertz CT molecular complexity index is 557. The minimum absolute atomic E-state index is 0.300. The highest BCUT2D eigenvalue weighted by molar-refractivity contribution is 9.10. The first-order chi connectivity index (χ1) is 9.69. The molecule has 0 unspecified atom stereocenters. The van der Waals surface area contributed by atoms with Crippen LogP contribution >= 0.6 is 15.9 Å². The highest BCUT2D eigenvalue weighted by Crippen LogP contribution is 2.26. The van der Waals surface area contributed by atoms with Crippen LogP contribution in [0.3, 0.4) is 0 Å². The van der Waals surface area contributed by atoms with Gasteiger partial charge in [-0.15, -0.1) is 0 Å². The standard InChI is InChI=1S/C15H17BrFNO2/c1-2-5-18-8-11-6-13(19-9-11)10-20-15-4-3-12(17)7-14(15)16/h3-4,6-7,9,18H,2,5,8,10H2,1H3. The number of nitrogens with one attached hydrogen (secondary N) is 1. The lowest BCUT2D eigenvalue weighted by atomic mass is 10.3. The summed E-state index contributed by atoms with van der Waals surface area (Å²) in [5, 5.41) is 3.30. The Labute approximate surface area is 126 Å². The van der Waals surface area contributed by atoms with Gasteiger partial charge in [-0.2, -0.15) is 0 Å². The third kappa shape index (κ3) is 4.35. The zero-order valence-corrected chi connectivity index (χ0v) is 12.9. The normalized spacial score (nSPS) is 10.8. The molecule has 0 spiro atoms. The van der Waals surface area contributed by atoms with Crippen LogP contribution in [0.25, 0.3) is 0 Å². The van der Waals surface area contributed by atoms with Gasteiger partial charge in [-0.3, -0.25) is 0 Å². The molecule has 3 nitrogen and oxygen atoms in total. The molecule has 2 rings (SSSR count). The molecule has 1 N–H and O–H groups in total. The van der Waals surface area contributed by atoms with E-state index in [0.717, 1.165) is 30.8 Å². The molecular weight excluding hydrogens is 325 g/mol. The molecule has 20 heavy (non-hydrogen) atoms. The molecule has 1 heterocycles. The maximum Gasteiger partial charge on any atom is 0.146 e. The van der Waals surface area contributed by atoms with Crippen LogP contribution < -0.4 is 10.1 Å². The third-order valence-electron chi connectivity index (χ3n) is 2.73. The second-order valence-electron chi connectivity index (χ2n) is 4.46. The van der Waals surface area contributed by atoms with Gasteiger partial charge in [0.2, 0.25) is 0 Å². The second kappa shape index (κ2) is 7.45. The van der Waals surface area contributed by atoms with Crippen molar-refractivity contribution >= 4 is 15.9 Å². The van der Waals surface area contributed by atoms with Crippen molar-refractivity contribution in [1.82, 2.24) is 5.32 Å². The van der Waals surface area contributed by atoms with Crippen molar-refractivity contribution in [2.45, 2.75) is 26.5 Å². The smallest absolute Gasteiger partial charge is 0.146 e. The van der Waals surface area contributed by atoms with E-state index in [1.165, 1.54) is 12.1 Å². The van der Waals surface area contributed by atoms with E-state index in [4.69, 9.17) is 9.15 Å². The van der Waals surface area contributed by atoms with E-state index in [1.807, 2.05) is 6.07 Å². The summed E-state index contributed by atoms with van der Waals surface area (Å²) in [6.45, 7) is 4.22. The molecule has 0 saturated carbocycles. The van der Waals surface area contributed by atoms with E-state index in [0.29, 0.717) is 16.8 Å². The Morgan fingerprint density at radius 2 is 2.20 bits per heavy atom. The van der Waals surface area contributed by atoms with E-state index in [1.54, 1.807) is 12.3 Å². The zero-order valence-electron chi connectivity index (χ0n) is 11.3. The van der Waals surface area contributed by atoms with Gasteiger partial charge in [-0.05, 0) is 53.2 Å². The lowest BCUT2D eigenvalue weighted by Crippen LogP contribution is -2.13. The molecule has 2 aromatic rings. The first-order valence-corrected chi connectivity index (χ1v) is 7.33. The first kappa shape index (κ1) is 15.1. The van der Waals surface area contributed by atoms with Crippen LogP contribution in [0, 0.1) is 5.82 Å². The van der Waals surface area contributed by atoms with Crippen molar-refractivity contribution < 1.29 is 13.5 Å². The molecule has 0 aliphatic rings. The van der Waals surface area contributed by atoms with Crippen LogP contribution in [-0.2, 0) is 13.2 Å². The summed E-state index contributed by atoms with van der Waals surface area (Å²) in [5.41, 5.74) is 1.09. The summed E-state index contributed by atoms with van der Waals surface area (Å²) in [4.78, 5) is 0. The van der Waals surface area contributed by atoms with Gasteiger partial charge >= 0.3 is 0 Å². The largest absolute Gasteiger partial charge is 0.484 e. The lowest BCUT2D eigenvalue weighted by Gasteiger charge is -2.06. The molecule has 1 aromatic carbocycles. The van der Waals surface area contributed by atoms with E-state index in [2.05, 4.69) is 28.2 Å².